The van der Waals surface area contributed by atoms with E-state index in [1.807, 2.05) is 31.5 Å². The van der Waals surface area contributed by atoms with E-state index in [1.54, 1.807) is 10.6 Å². The molecule has 5 rings (SSSR count). The van der Waals surface area contributed by atoms with Crippen molar-refractivity contribution in [3.8, 4) is 11.1 Å². The maximum absolute atomic E-state index is 12.7. The summed E-state index contributed by atoms with van der Waals surface area (Å²) in [6.45, 7) is 7.66. The molecule has 4 heterocycles. The molecule has 1 saturated heterocycles. The van der Waals surface area contributed by atoms with Crippen LogP contribution in [0.25, 0.3) is 11.1 Å². The van der Waals surface area contributed by atoms with Crippen LogP contribution in [0.15, 0.2) is 64.6 Å². The van der Waals surface area contributed by atoms with Crippen molar-refractivity contribution in [3.05, 3.63) is 87.6 Å². The Bertz CT molecular complexity index is 1190. The summed E-state index contributed by atoms with van der Waals surface area (Å²) in [5, 5.41) is 0. The average molecular weight is 415 g/mol. The van der Waals surface area contributed by atoms with Crippen LogP contribution in [-0.2, 0) is 17.8 Å². The molecule has 1 aromatic carbocycles. The van der Waals surface area contributed by atoms with E-state index in [1.165, 1.54) is 5.56 Å². The Morgan fingerprint density at radius 2 is 1.81 bits per heavy atom. The molecule has 6 heteroatoms. The average Bonchev–Trinajstić information content (AvgIpc) is 3.22. The molecule has 0 bridgehead atoms. The minimum atomic E-state index is 0.0323. The molecule has 0 spiro atoms. The number of benzene rings is 1. The van der Waals surface area contributed by atoms with E-state index in [2.05, 4.69) is 34.1 Å². The molecule has 2 aromatic heterocycles. The normalized spacial score (nSPS) is 16.2. The SMILES string of the molecule is Cc1cc(C2=NCc3ccc(-c4ccn(CCN5CCOCC5)c(=O)c4)cc32)ccn1. The van der Waals surface area contributed by atoms with Crippen LogP contribution in [0.2, 0.25) is 0 Å². The number of rotatable bonds is 5. The van der Waals surface area contributed by atoms with E-state index in [4.69, 9.17) is 9.73 Å². The molecule has 2 aliphatic rings. The van der Waals surface area contributed by atoms with Crippen LogP contribution in [0.3, 0.4) is 0 Å². The predicted octanol–water partition coefficient (Wildman–Crippen LogP) is 2.90. The van der Waals surface area contributed by atoms with Gasteiger partial charge in [0, 0.05) is 61.5 Å². The molecule has 0 atom stereocenters. The quantitative estimate of drug-likeness (QED) is 0.644. The lowest BCUT2D eigenvalue weighted by Gasteiger charge is -2.26. The molecule has 0 amide bonds. The number of nitrogens with zero attached hydrogens (tertiary/aromatic N) is 4. The standard InChI is InChI=1S/C25H26N4O2/c1-18-14-21(4-6-26-18)25-23-15-19(2-3-22(23)17-27-25)20-5-7-29(24(30)16-20)9-8-28-10-12-31-13-11-28/h2-7,14-16H,8-13,17H2,1H3. The summed E-state index contributed by atoms with van der Waals surface area (Å²) in [4.78, 5) is 24.1. The summed E-state index contributed by atoms with van der Waals surface area (Å²) in [5.41, 5.74) is 7.43. The van der Waals surface area contributed by atoms with Crippen LogP contribution < -0.4 is 5.56 Å². The first kappa shape index (κ1) is 19.8. The Morgan fingerprint density at radius 1 is 0.968 bits per heavy atom. The first-order valence-electron chi connectivity index (χ1n) is 10.8. The van der Waals surface area contributed by atoms with E-state index < -0.39 is 0 Å². The zero-order valence-electron chi connectivity index (χ0n) is 17.8. The largest absolute Gasteiger partial charge is 0.379 e. The molecule has 2 aliphatic heterocycles. The van der Waals surface area contributed by atoms with Crippen LogP contribution in [-0.4, -0.2) is 53.0 Å². The lowest BCUT2D eigenvalue weighted by atomic mass is 9.96. The zero-order valence-corrected chi connectivity index (χ0v) is 17.8. The van der Waals surface area contributed by atoms with Gasteiger partial charge in [0.1, 0.15) is 0 Å². The van der Waals surface area contributed by atoms with Crippen molar-refractivity contribution >= 4 is 5.71 Å². The fourth-order valence-electron chi connectivity index (χ4n) is 4.25. The summed E-state index contributed by atoms with van der Waals surface area (Å²) in [6, 6.07) is 14.2. The number of hydrogen-bond acceptors (Lipinski definition) is 5. The van der Waals surface area contributed by atoms with E-state index >= 15 is 0 Å². The van der Waals surface area contributed by atoms with Gasteiger partial charge in [0.25, 0.3) is 5.56 Å². The Labute approximate surface area is 181 Å². The Hall–Kier alpha value is -3.09. The van der Waals surface area contributed by atoms with Gasteiger partial charge in [0.2, 0.25) is 0 Å². The highest BCUT2D eigenvalue weighted by Gasteiger charge is 2.19. The van der Waals surface area contributed by atoms with Crippen molar-refractivity contribution < 1.29 is 4.74 Å². The number of hydrogen-bond donors (Lipinski definition) is 0. The van der Waals surface area contributed by atoms with Gasteiger partial charge < -0.3 is 9.30 Å². The van der Waals surface area contributed by atoms with Crippen molar-refractivity contribution in [2.75, 3.05) is 32.8 Å². The topological polar surface area (TPSA) is 59.7 Å². The second-order valence-electron chi connectivity index (χ2n) is 8.12. The van der Waals surface area contributed by atoms with E-state index in [0.717, 1.165) is 66.5 Å². The van der Waals surface area contributed by atoms with Gasteiger partial charge >= 0.3 is 0 Å². The summed E-state index contributed by atoms with van der Waals surface area (Å²) in [7, 11) is 0. The molecule has 6 nitrogen and oxygen atoms in total. The maximum Gasteiger partial charge on any atom is 0.251 e. The second-order valence-corrected chi connectivity index (χ2v) is 8.12. The predicted molar refractivity (Wildman–Crippen MR) is 122 cm³/mol. The highest BCUT2D eigenvalue weighted by atomic mass is 16.5. The lowest BCUT2D eigenvalue weighted by Crippen LogP contribution is -2.39. The maximum atomic E-state index is 12.7. The van der Waals surface area contributed by atoms with Crippen LogP contribution in [0, 0.1) is 6.92 Å². The minimum Gasteiger partial charge on any atom is -0.379 e. The van der Waals surface area contributed by atoms with Crippen LogP contribution >= 0.6 is 0 Å². The monoisotopic (exact) mass is 414 g/mol. The summed E-state index contributed by atoms with van der Waals surface area (Å²) in [5.74, 6) is 0. The van der Waals surface area contributed by atoms with Gasteiger partial charge in [-0.05, 0) is 47.9 Å². The number of ether oxygens (including phenoxy) is 1. The molecule has 0 unspecified atom stereocenters. The van der Waals surface area contributed by atoms with Gasteiger partial charge in [0.05, 0.1) is 25.5 Å². The Morgan fingerprint density at radius 3 is 2.61 bits per heavy atom. The summed E-state index contributed by atoms with van der Waals surface area (Å²) < 4.78 is 7.18. The van der Waals surface area contributed by atoms with Gasteiger partial charge in [-0.2, -0.15) is 0 Å². The first-order valence-corrected chi connectivity index (χ1v) is 10.8. The van der Waals surface area contributed by atoms with Crippen molar-refractivity contribution in [1.29, 1.82) is 0 Å². The zero-order chi connectivity index (χ0) is 21.2. The smallest absolute Gasteiger partial charge is 0.251 e. The summed E-state index contributed by atoms with van der Waals surface area (Å²) in [6.07, 6.45) is 3.73. The van der Waals surface area contributed by atoms with Crippen LogP contribution in [0.4, 0.5) is 0 Å². The minimum absolute atomic E-state index is 0.0323. The first-order chi connectivity index (χ1) is 15.2. The van der Waals surface area contributed by atoms with E-state index in [-0.39, 0.29) is 5.56 Å². The lowest BCUT2D eigenvalue weighted by molar-refractivity contribution is 0.0363. The molecule has 0 N–H and O–H groups in total. The van der Waals surface area contributed by atoms with Gasteiger partial charge in [0.15, 0.2) is 0 Å². The second kappa shape index (κ2) is 8.57. The summed E-state index contributed by atoms with van der Waals surface area (Å²) >= 11 is 0. The number of aryl methyl sites for hydroxylation is 1. The Kier molecular flexibility index (Phi) is 5.49. The number of pyridine rings is 2. The molecule has 31 heavy (non-hydrogen) atoms. The van der Waals surface area contributed by atoms with E-state index in [0.29, 0.717) is 13.1 Å². The highest BCUT2D eigenvalue weighted by Crippen LogP contribution is 2.28. The number of fused-ring (bicyclic) bond motifs is 1. The number of morpholine rings is 1. The number of aliphatic imine (C=N–C) groups is 1. The third-order valence-electron chi connectivity index (χ3n) is 6.03. The molecule has 0 radical (unpaired) electrons. The number of aromatic nitrogens is 2. The van der Waals surface area contributed by atoms with Crippen molar-refractivity contribution in [2.24, 2.45) is 4.99 Å². The van der Waals surface area contributed by atoms with Gasteiger partial charge in [-0.15, -0.1) is 0 Å². The van der Waals surface area contributed by atoms with Crippen molar-refractivity contribution in [2.45, 2.75) is 20.0 Å². The van der Waals surface area contributed by atoms with Crippen molar-refractivity contribution in [1.82, 2.24) is 14.5 Å². The van der Waals surface area contributed by atoms with Gasteiger partial charge in [-0.3, -0.25) is 19.7 Å². The molecule has 3 aromatic rings. The molecule has 1 fully saturated rings. The van der Waals surface area contributed by atoms with Crippen molar-refractivity contribution in [3.63, 3.8) is 0 Å². The van der Waals surface area contributed by atoms with Crippen LogP contribution in [0.1, 0.15) is 22.4 Å². The molecule has 0 saturated carbocycles. The van der Waals surface area contributed by atoms with Gasteiger partial charge in [-0.25, -0.2) is 0 Å². The van der Waals surface area contributed by atoms with Gasteiger partial charge in [-0.1, -0.05) is 12.1 Å². The molecule has 158 valence electrons. The third kappa shape index (κ3) is 4.22. The fraction of sp³-hybridized carbons (Fsp3) is 0.320. The van der Waals surface area contributed by atoms with Crippen LogP contribution in [0.5, 0.6) is 0 Å². The third-order valence-corrected chi connectivity index (χ3v) is 6.03. The highest BCUT2D eigenvalue weighted by molar-refractivity contribution is 6.15. The Balaban J connectivity index is 1.37. The fourth-order valence-corrected chi connectivity index (χ4v) is 4.25. The molecular weight excluding hydrogens is 388 g/mol. The van der Waals surface area contributed by atoms with E-state index in [9.17, 15) is 4.79 Å². The molecule has 0 aliphatic carbocycles. The molecular formula is C25H26N4O2.